The van der Waals surface area contributed by atoms with E-state index in [0.717, 1.165) is 118 Å². The van der Waals surface area contributed by atoms with Crippen LogP contribution in [0.4, 0.5) is 17.2 Å². The molecule has 206 valence electrons. The van der Waals surface area contributed by atoms with E-state index in [1.165, 1.54) is 0 Å². The average molecular weight is 531 g/mol. The van der Waals surface area contributed by atoms with Crippen molar-refractivity contribution in [3.05, 3.63) is 35.3 Å². The van der Waals surface area contributed by atoms with Crippen LogP contribution < -0.4 is 15.0 Å². The maximum atomic E-state index is 12.1. The van der Waals surface area contributed by atoms with Gasteiger partial charge in [0, 0.05) is 68.8 Å². The number of nitrogens with zero attached hydrogens (tertiary/aromatic N) is 5. The largest absolute Gasteiger partial charge is 0.485 e. The average Bonchev–Trinajstić information content (AvgIpc) is 3.13. The van der Waals surface area contributed by atoms with E-state index in [1.807, 2.05) is 11.1 Å². The monoisotopic (exact) mass is 530 g/mol. The summed E-state index contributed by atoms with van der Waals surface area (Å²) in [5.74, 6) is 7.47. The highest BCUT2D eigenvalue weighted by atomic mass is 16.5. The van der Waals surface area contributed by atoms with Crippen LogP contribution in [-0.2, 0) is 22.6 Å². The minimum atomic E-state index is -0.0436. The van der Waals surface area contributed by atoms with Gasteiger partial charge in [-0.2, -0.15) is 0 Å². The number of nitrogens with one attached hydrogen (secondary N) is 1. The molecule has 3 saturated heterocycles. The first-order valence-electron chi connectivity index (χ1n) is 14.3. The number of carbonyl (C=O) groups excluding carboxylic acids is 1. The number of piperidine rings is 1. The molecule has 9 heteroatoms. The van der Waals surface area contributed by atoms with Gasteiger partial charge in [0.05, 0.1) is 30.2 Å². The lowest BCUT2D eigenvalue weighted by atomic mass is 9.90. The number of hydrogen-bond donors (Lipinski definition) is 1. The third kappa shape index (κ3) is 5.28. The molecule has 0 aliphatic carbocycles. The van der Waals surface area contributed by atoms with Gasteiger partial charge in [-0.05, 0) is 44.2 Å². The molecular formula is C30H38N6O3. The second-order valence-electron chi connectivity index (χ2n) is 10.8. The molecule has 0 saturated carbocycles. The number of anilines is 3. The van der Waals surface area contributed by atoms with E-state index in [0.29, 0.717) is 18.6 Å². The van der Waals surface area contributed by atoms with Crippen LogP contribution in [0.5, 0.6) is 5.75 Å². The molecule has 2 aromatic rings. The summed E-state index contributed by atoms with van der Waals surface area (Å²) in [6.45, 7) is 11.2. The van der Waals surface area contributed by atoms with Crippen LogP contribution in [0.25, 0.3) is 0 Å². The number of pyridine rings is 2. The Bertz CT molecular complexity index is 1270. The summed E-state index contributed by atoms with van der Waals surface area (Å²) >= 11 is 0. The van der Waals surface area contributed by atoms with Crippen LogP contribution in [0.2, 0.25) is 0 Å². The van der Waals surface area contributed by atoms with Crippen molar-refractivity contribution in [2.45, 2.75) is 58.1 Å². The number of aryl methyl sites for hydroxylation is 1. The molecular weight excluding hydrogens is 492 g/mol. The first-order chi connectivity index (χ1) is 19.1. The topological polar surface area (TPSA) is 83.1 Å². The van der Waals surface area contributed by atoms with Crippen molar-refractivity contribution in [3.8, 4) is 17.6 Å². The van der Waals surface area contributed by atoms with Crippen molar-refractivity contribution in [3.63, 3.8) is 0 Å². The fourth-order valence-corrected chi connectivity index (χ4v) is 6.20. The molecule has 9 nitrogen and oxygen atoms in total. The number of hydrogen-bond acceptors (Lipinski definition) is 8. The Labute approximate surface area is 230 Å². The number of aromatic nitrogens is 2. The van der Waals surface area contributed by atoms with Crippen LogP contribution in [0.15, 0.2) is 18.3 Å². The predicted octanol–water partition coefficient (Wildman–Crippen LogP) is 3.32. The Morgan fingerprint density at radius 3 is 2.72 bits per heavy atom. The first kappa shape index (κ1) is 25.9. The summed E-state index contributed by atoms with van der Waals surface area (Å²) in [5, 5.41) is 3.63. The summed E-state index contributed by atoms with van der Waals surface area (Å²) < 4.78 is 12.0. The fraction of sp³-hybridized carbons (Fsp3) is 0.567. The summed E-state index contributed by atoms with van der Waals surface area (Å²) in [4.78, 5) is 28.8. The highest BCUT2D eigenvalue weighted by molar-refractivity contribution is 5.93. The van der Waals surface area contributed by atoms with Gasteiger partial charge in [0.25, 0.3) is 5.91 Å². The van der Waals surface area contributed by atoms with E-state index in [9.17, 15) is 4.79 Å². The van der Waals surface area contributed by atoms with Gasteiger partial charge in [0.15, 0.2) is 5.75 Å². The maximum absolute atomic E-state index is 12.1. The number of likely N-dealkylation sites (tertiary alicyclic amines) is 2. The van der Waals surface area contributed by atoms with Crippen LogP contribution in [0, 0.1) is 11.8 Å². The molecule has 3 fully saturated rings. The van der Waals surface area contributed by atoms with Gasteiger partial charge in [-0.3, -0.25) is 14.7 Å². The number of rotatable bonds is 5. The standard InChI is InChI=1S/C30H38N6O3/c1-3-5-24-29-26(33-30-23(20-39-29)27(7-10-31-30)34-13-15-38-16-14-34)17-25(32-24)21-18-36(19-21)22-8-11-35(12-9-22)28(37)6-4-2/h7,10,17,21-22H,3,5,8-9,11-16,18-20H2,1-2H3,(H,31,33). The summed E-state index contributed by atoms with van der Waals surface area (Å²) in [7, 11) is 0. The number of morpholine rings is 1. The minimum Gasteiger partial charge on any atom is -0.485 e. The lowest BCUT2D eigenvalue weighted by molar-refractivity contribution is -0.126. The van der Waals surface area contributed by atoms with Gasteiger partial charge in [-0.1, -0.05) is 19.3 Å². The molecule has 1 amide bonds. The molecule has 4 aliphatic heterocycles. The normalized spacial score (nSPS) is 19.9. The van der Waals surface area contributed by atoms with Gasteiger partial charge in [0.2, 0.25) is 0 Å². The van der Waals surface area contributed by atoms with Crippen LogP contribution in [0.3, 0.4) is 0 Å². The summed E-state index contributed by atoms with van der Waals surface area (Å²) in [6.07, 6.45) is 5.78. The lowest BCUT2D eigenvalue weighted by Gasteiger charge is -2.47. The van der Waals surface area contributed by atoms with Gasteiger partial charge < -0.3 is 24.6 Å². The quantitative estimate of drug-likeness (QED) is 0.590. The molecule has 1 N–H and O–H groups in total. The lowest BCUT2D eigenvalue weighted by Crippen LogP contribution is -2.54. The Kier molecular flexibility index (Phi) is 7.58. The van der Waals surface area contributed by atoms with E-state index < -0.39 is 0 Å². The zero-order chi connectivity index (χ0) is 26.8. The Hall–Kier alpha value is -3.35. The molecule has 2 aromatic heterocycles. The molecule has 0 spiro atoms. The number of amides is 1. The highest BCUT2D eigenvalue weighted by Crippen LogP contribution is 2.41. The third-order valence-electron chi connectivity index (χ3n) is 8.37. The van der Waals surface area contributed by atoms with Crippen LogP contribution >= 0.6 is 0 Å². The van der Waals surface area contributed by atoms with Crippen molar-refractivity contribution in [1.29, 1.82) is 0 Å². The van der Waals surface area contributed by atoms with E-state index >= 15 is 0 Å². The molecule has 0 unspecified atom stereocenters. The van der Waals surface area contributed by atoms with Crippen LogP contribution in [0.1, 0.15) is 56.0 Å². The zero-order valence-electron chi connectivity index (χ0n) is 23.0. The molecule has 6 heterocycles. The Balaban J connectivity index is 1.17. The Morgan fingerprint density at radius 2 is 1.97 bits per heavy atom. The van der Waals surface area contributed by atoms with E-state index in [1.54, 1.807) is 6.92 Å². The molecule has 39 heavy (non-hydrogen) atoms. The van der Waals surface area contributed by atoms with Gasteiger partial charge in [-0.25, -0.2) is 4.98 Å². The second-order valence-corrected chi connectivity index (χ2v) is 10.8. The van der Waals surface area contributed by atoms with Gasteiger partial charge >= 0.3 is 0 Å². The molecule has 0 radical (unpaired) electrons. The maximum Gasteiger partial charge on any atom is 0.298 e. The van der Waals surface area contributed by atoms with Crippen molar-refractivity contribution in [2.75, 3.05) is 62.7 Å². The van der Waals surface area contributed by atoms with Crippen LogP contribution in [-0.4, -0.2) is 84.2 Å². The van der Waals surface area contributed by atoms with Gasteiger partial charge in [0.1, 0.15) is 12.4 Å². The zero-order valence-corrected chi connectivity index (χ0v) is 23.0. The molecule has 0 atom stereocenters. The van der Waals surface area contributed by atoms with Crippen molar-refractivity contribution >= 4 is 23.1 Å². The minimum absolute atomic E-state index is 0.0436. The van der Waals surface area contributed by atoms with E-state index in [2.05, 4.69) is 46.0 Å². The number of fused-ring (bicyclic) bond motifs is 2. The van der Waals surface area contributed by atoms with Crippen molar-refractivity contribution in [2.24, 2.45) is 0 Å². The number of ether oxygens (including phenoxy) is 2. The fourth-order valence-electron chi connectivity index (χ4n) is 6.20. The molecule has 4 aliphatic rings. The van der Waals surface area contributed by atoms with Crippen molar-refractivity contribution in [1.82, 2.24) is 19.8 Å². The SMILES string of the molecule is CC#CC(=O)N1CCC(N2CC(c3cc4c(c(CCC)n3)OCc3c(N5CCOCC5)ccnc3N4)C2)CC1. The molecule has 6 rings (SSSR count). The summed E-state index contributed by atoms with van der Waals surface area (Å²) in [5.41, 5.74) is 5.38. The molecule has 0 aromatic carbocycles. The Morgan fingerprint density at radius 1 is 1.18 bits per heavy atom. The second kappa shape index (κ2) is 11.4. The van der Waals surface area contributed by atoms with Gasteiger partial charge in [-0.15, -0.1) is 0 Å². The smallest absolute Gasteiger partial charge is 0.298 e. The number of carbonyl (C=O) groups is 1. The molecule has 0 bridgehead atoms. The first-order valence-corrected chi connectivity index (χ1v) is 14.3. The van der Waals surface area contributed by atoms with E-state index in [-0.39, 0.29) is 5.91 Å². The summed E-state index contributed by atoms with van der Waals surface area (Å²) in [6, 6.07) is 4.79. The van der Waals surface area contributed by atoms with Crippen molar-refractivity contribution < 1.29 is 14.3 Å². The highest BCUT2D eigenvalue weighted by Gasteiger charge is 2.37. The van der Waals surface area contributed by atoms with E-state index in [4.69, 9.17) is 19.4 Å². The predicted molar refractivity (Wildman–Crippen MR) is 150 cm³/mol. The third-order valence-corrected chi connectivity index (χ3v) is 8.37.